The number of hydrogen-bond acceptors (Lipinski definition) is 8. The summed E-state index contributed by atoms with van der Waals surface area (Å²) in [5.74, 6) is 1.89. The molecule has 0 bridgehead atoms. The van der Waals surface area contributed by atoms with Gasteiger partial charge < -0.3 is 24.3 Å². The molecule has 1 amide bonds. The van der Waals surface area contributed by atoms with E-state index >= 15 is 0 Å². The van der Waals surface area contributed by atoms with Crippen molar-refractivity contribution in [2.45, 2.75) is 19.0 Å². The lowest BCUT2D eigenvalue weighted by Crippen LogP contribution is -2.41. The molecule has 1 fully saturated rings. The van der Waals surface area contributed by atoms with Gasteiger partial charge in [-0.25, -0.2) is 8.42 Å². The molecule has 1 saturated heterocycles. The molecule has 0 radical (unpaired) electrons. The molecule has 1 atom stereocenters. The van der Waals surface area contributed by atoms with E-state index in [4.69, 9.17) is 18.9 Å². The molecule has 0 unspecified atom stereocenters. The van der Waals surface area contributed by atoms with Crippen LogP contribution in [0.15, 0.2) is 36.4 Å². The van der Waals surface area contributed by atoms with Crippen LogP contribution in [0.25, 0.3) is 0 Å². The molecular formula is C23H30N2O7S. The van der Waals surface area contributed by atoms with Crippen LogP contribution in [0.4, 0.5) is 5.69 Å². The van der Waals surface area contributed by atoms with E-state index in [2.05, 4.69) is 5.32 Å². The van der Waals surface area contributed by atoms with E-state index < -0.39 is 9.84 Å². The molecule has 33 heavy (non-hydrogen) atoms. The Morgan fingerprint density at radius 2 is 1.64 bits per heavy atom. The summed E-state index contributed by atoms with van der Waals surface area (Å²) < 4.78 is 45.3. The minimum atomic E-state index is -3.10. The first-order chi connectivity index (χ1) is 15.8. The zero-order chi connectivity index (χ0) is 24.0. The van der Waals surface area contributed by atoms with Crippen molar-refractivity contribution >= 4 is 21.4 Å². The Morgan fingerprint density at radius 1 is 1.00 bits per heavy atom. The highest BCUT2D eigenvalue weighted by molar-refractivity contribution is 7.91. The van der Waals surface area contributed by atoms with Gasteiger partial charge in [0.2, 0.25) is 11.7 Å². The lowest BCUT2D eigenvalue weighted by atomic mass is 10.1. The van der Waals surface area contributed by atoms with Crippen molar-refractivity contribution < 1.29 is 32.2 Å². The molecule has 2 aromatic rings. The molecule has 0 aromatic heterocycles. The Bertz CT molecular complexity index is 1050. The summed E-state index contributed by atoms with van der Waals surface area (Å²) >= 11 is 0. The van der Waals surface area contributed by atoms with Gasteiger partial charge >= 0.3 is 0 Å². The van der Waals surface area contributed by atoms with Crippen LogP contribution < -0.4 is 24.3 Å². The Kier molecular flexibility index (Phi) is 8.04. The Balaban J connectivity index is 1.78. The molecule has 0 spiro atoms. The lowest BCUT2D eigenvalue weighted by Gasteiger charge is -2.27. The maximum atomic E-state index is 13.0. The van der Waals surface area contributed by atoms with Crippen molar-refractivity contribution in [2.24, 2.45) is 0 Å². The number of amides is 1. The van der Waals surface area contributed by atoms with Crippen LogP contribution in [0, 0.1) is 0 Å². The number of ether oxygens (including phenoxy) is 4. The average molecular weight is 479 g/mol. The van der Waals surface area contributed by atoms with Gasteiger partial charge in [0.25, 0.3) is 0 Å². The number of anilines is 1. The number of benzene rings is 2. The summed E-state index contributed by atoms with van der Waals surface area (Å²) in [6.07, 6.45) is 0.496. The number of rotatable bonds is 10. The second-order valence-electron chi connectivity index (χ2n) is 7.77. The fourth-order valence-corrected chi connectivity index (χ4v) is 5.64. The van der Waals surface area contributed by atoms with Crippen molar-refractivity contribution in [3.8, 4) is 23.0 Å². The number of carbonyl (C=O) groups excluding carboxylic acids is 1. The van der Waals surface area contributed by atoms with Gasteiger partial charge in [0.05, 0.1) is 46.5 Å². The number of methoxy groups -OCH3 is 4. The van der Waals surface area contributed by atoms with Crippen molar-refractivity contribution in [3.05, 3.63) is 42.0 Å². The number of sulfone groups is 1. The first-order valence-electron chi connectivity index (χ1n) is 10.5. The summed E-state index contributed by atoms with van der Waals surface area (Å²) in [4.78, 5) is 14.9. The first kappa shape index (κ1) is 24.7. The third-order valence-corrected chi connectivity index (χ3v) is 7.32. The zero-order valence-corrected chi connectivity index (χ0v) is 20.1. The minimum absolute atomic E-state index is 0.0306. The third kappa shape index (κ3) is 6.29. The molecule has 1 N–H and O–H groups in total. The molecular weight excluding hydrogens is 448 g/mol. The number of hydrogen-bond donors (Lipinski definition) is 1. The topological polar surface area (TPSA) is 103 Å². The summed E-state index contributed by atoms with van der Waals surface area (Å²) in [6, 6.07) is 10.6. The molecule has 1 heterocycles. The van der Waals surface area contributed by atoms with Gasteiger partial charge in [-0.2, -0.15) is 0 Å². The molecule has 10 heteroatoms. The van der Waals surface area contributed by atoms with E-state index in [1.54, 1.807) is 19.2 Å². The quantitative estimate of drug-likeness (QED) is 0.555. The Morgan fingerprint density at radius 3 is 2.12 bits per heavy atom. The average Bonchev–Trinajstić information content (AvgIpc) is 3.17. The van der Waals surface area contributed by atoms with E-state index in [0.29, 0.717) is 35.9 Å². The van der Waals surface area contributed by atoms with Gasteiger partial charge in [-0.3, -0.25) is 9.69 Å². The fourth-order valence-electron chi connectivity index (χ4n) is 3.88. The second-order valence-corrected chi connectivity index (χ2v) is 10.0. The van der Waals surface area contributed by atoms with Crippen LogP contribution in [0.1, 0.15) is 12.0 Å². The number of nitrogens with zero attached hydrogens (tertiary/aromatic N) is 1. The van der Waals surface area contributed by atoms with Crippen LogP contribution in [-0.4, -0.2) is 71.8 Å². The summed E-state index contributed by atoms with van der Waals surface area (Å²) in [6.45, 7) is 0.468. The van der Waals surface area contributed by atoms with Gasteiger partial charge in [-0.15, -0.1) is 0 Å². The van der Waals surface area contributed by atoms with Crippen LogP contribution in [0.5, 0.6) is 23.0 Å². The molecule has 180 valence electrons. The maximum Gasteiger partial charge on any atom is 0.238 e. The van der Waals surface area contributed by atoms with E-state index in [-0.39, 0.29) is 30.0 Å². The fraction of sp³-hybridized carbons (Fsp3) is 0.435. The Hall–Kier alpha value is -2.98. The Labute approximate surface area is 194 Å². The van der Waals surface area contributed by atoms with Gasteiger partial charge in [0.15, 0.2) is 21.3 Å². The van der Waals surface area contributed by atoms with Crippen LogP contribution in [-0.2, 0) is 21.2 Å². The largest absolute Gasteiger partial charge is 0.497 e. The SMILES string of the molecule is COc1ccc(CN(CC(=O)Nc2cc(OC)c(OC)c(OC)c2)[C@H]2CCS(=O)(=O)C2)cc1. The lowest BCUT2D eigenvalue weighted by molar-refractivity contribution is -0.117. The minimum Gasteiger partial charge on any atom is -0.497 e. The predicted molar refractivity (Wildman–Crippen MR) is 125 cm³/mol. The molecule has 2 aromatic carbocycles. The molecule has 0 saturated carbocycles. The van der Waals surface area contributed by atoms with Crippen LogP contribution in [0.2, 0.25) is 0 Å². The van der Waals surface area contributed by atoms with E-state index in [0.717, 1.165) is 11.3 Å². The molecule has 1 aliphatic rings. The highest BCUT2D eigenvalue weighted by Crippen LogP contribution is 2.40. The standard InChI is InChI=1S/C23H30N2O7S/c1-29-19-7-5-16(6-8-19)13-25(18-9-10-33(27,28)15-18)14-22(26)24-17-11-20(30-2)23(32-4)21(12-17)31-3/h5-8,11-12,18H,9-10,13-15H2,1-4H3,(H,24,26)/t18-/m0/s1. The van der Waals surface area contributed by atoms with Crippen molar-refractivity contribution in [3.63, 3.8) is 0 Å². The third-order valence-electron chi connectivity index (χ3n) is 5.56. The summed E-state index contributed by atoms with van der Waals surface area (Å²) in [5.41, 5.74) is 1.44. The second kappa shape index (κ2) is 10.8. The normalized spacial score (nSPS) is 16.9. The smallest absolute Gasteiger partial charge is 0.238 e. The first-order valence-corrected chi connectivity index (χ1v) is 12.3. The van der Waals surface area contributed by atoms with Crippen LogP contribution in [0.3, 0.4) is 0 Å². The number of nitrogens with one attached hydrogen (secondary N) is 1. The van der Waals surface area contributed by atoms with Gasteiger partial charge in [0, 0.05) is 30.4 Å². The molecule has 9 nitrogen and oxygen atoms in total. The number of carbonyl (C=O) groups is 1. The summed E-state index contributed by atoms with van der Waals surface area (Å²) in [5, 5.41) is 2.86. The van der Waals surface area contributed by atoms with Crippen molar-refractivity contribution in [1.82, 2.24) is 4.90 Å². The molecule has 1 aliphatic heterocycles. The van der Waals surface area contributed by atoms with E-state index in [1.807, 2.05) is 29.2 Å². The highest BCUT2D eigenvalue weighted by atomic mass is 32.2. The molecule has 0 aliphatic carbocycles. The van der Waals surface area contributed by atoms with Crippen LogP contribution >= 0.6 is 0 Å². The van der Waals surface area contributed by atoms with E-state index in [9.17, 15) is 13.2 Å². The zero-order valence-electron chi connectivity index (χ0n) is 19.3. The maximum absolute atomic E-state index is 13.0. The van der Waals surface area contributed by atoms with Crippen molar-refractivity contribution in [1.29, 1.82) is 0 Å². The van der Waals surface area contributed by atoms with Gasteiger partial charge in [-0.05, 0) is 24.1 Å². The molecule has 3 rings (SSSR count). The van der Waals surface area contributed by atoms with E-state index in [1.165, 1.54) is 21.3 Å². The van der Waals surface area contributed by atoms with Gasteiger partial charge in [0.1, 0.15) is 5.75 Å². The highest BCUT2D eigenvalue weighted by Gasteiger charge is 2.33. The van der Waals surface area contributed by atoms with Crippen molar-refractivity contribution in [2.75, 3.05) is 51.8 Å². The predicted octanol–water partition coefficient (Wildman–Crippen LogP) is 2.35. The monoisotopic (exact) mass is 478 g/mol. The van der Waals surface area contributed by atoms with Gasteiger partial charge in [-0.1, -0.05) is 12.1 Å². The summed E-state index contributed by atoms with van der Waals surface area (Å²) in [7, 11) is 3.00.